The summed E-state index contributed by atoms with van der Waals surface area (Å²) < 4.78 is 10.2. The van der Waals surface area contributed by atoms with Crippen LogP contribution in [0, 0.1) is 5.92 Å². The summed E-state index contributed by atoms with van der Waals surface area (Å²) in [5.41, 5.74) is -0.478. The first kappa shape index (κ1) is 37.1. The van der Waals surface area contributed by atoms with E-state index in [1.165, 1.54) is 11.8 Å². The molecule has 12 heteroatoms. The first-order chi connectivity index (χ1) is 23.4. The van der Waals surface area contributed by atoms with Crippen LogP contribution in [0.15, 0.2) is 60.7 Å². The molecule has 0 aromatic heterocycles. The number of carbonyl (C=O) groups excluding carboxylic acids is 6. The van der Waals surface area contributed by atoms with Crippen LogP contribution in [0.3, 0.4) is 0 Å². The van der Waals surface area contributed by atoms with Crippen molar-refractivity contribution < 1.29 is 38.2 Å². The molecule has 0 unspecified atom stereocenters. The lowest BCUT2D eigenvalue weighted by molar-refractivity contribution is -0.144. The standard InChI is InChI=1S/C37H48N4O8/c1-5-37(4)35(46)39-29(22-26-15-9-6-10-16-26)34(45)41-23-24(2)21-30(41)33(44)38-28(32(43)40-37)19-13-8-14-20-31(42)25(3)48-36(47)49-27-17-11-7-12-18-27/h6-7,9-12,15-18,24-25,28-30H,5,8,13-14,19-23H2,1-4H3,(H,38,44)(H,39,46)(H,40,43)/t24-,25+,28-,29-,30+,37-/m0/s1. The largest absolute Gasteiger partial charge is 0.514 e. The van der Waals surface area contributed by atoms with Crippen LogP contribution in [0.5, 0.6) is 5.75 Å². The Hall–Kier alpha value is -4.74. The van der Waals surface area contributed by atoms with Crippen LogP contribution in [0.25, 0.3) is 0 Å². The van der Waals surface area contributed by atoms with E-state index in [2.05, 4.69) is 16.0 Å². The minimum Gasteiger partial charge on any atom is -0.423 e. The van der Waals surface area contributed by atoms with E-state index in [1.807, 2.05) is 37.3 Å². The summed E-state index contributed by atoms with van der Waals surface area (Å²) in [4.78, 5) is 81.3. The van der Waals surface area contributed by atoms with Gasteiger partial charge in [0.1, 0.15) is 29.4 Å². The zero-order valence-corrected chi connectivity index (χ0v) is 28.7. The quantitative estimate of drug-likeness (QED) is 0.174. The van der Waals surface area contributed by atoms with E-state index in [9.17, 15) is 28.8 Å². The highest BCUT2D eigenvalue weighted by atomic mass is 16.7. The Labute approximate surface area is 287 Å². The molecule has 0 radical (unpaired) electrons. The minimum atomic E-state index is -1.34. The lowest BCUT2D eigenvalue weighted by Crippen LogP contribution is -2.65. The van der Waals surface area contributed by atoms with Crippen molar-refractivity contribution in [2.75, 3.05) is 6.54 Å². The van der Waals surface area contributed by atoms with Gasteiger partial charge < -0.3 is 30.3 Å². The summed E-state index contributed by atoms with van der Waals surface area (Å²) in [5, 5.41) is 8.64. The van der Waals surface area contributed by atoms with Crippen molar-refractivity contribution in [2.45, 2.75) is 109 Å². The topological polar surface area (TPSA) is 160 Å². The molecule has 12 nitrogen and oxygen atoms in total. The fourth-order valence-corrected chi connectivity index (χ4v) is 6.15. The maximum atomic E-state index is 14.0. The highest BCUT2D eigenvalue weighted by molar-refractivity contribution is 5.99. The summed E-state index contributed by atoms with van der Waals surface area (Å²) >= 11 is 0. The van der Waals surface area contributed by atoms with Crippen molar-refractivity contribution in [1.82, 2.24) is 20.9 Å². The first-order valence-electron chi connectivity index (χ1n) is 17.1. The number of nitrogens with zero attached hydrogens (tertiary/aromatic N) is 1. The summed E-state index contributed by atoms with van der Waals surface area (Å²) in [7, 11) is 0. The van der Waals surface area contributed by atoms with Crippen LogP contribution in [0.1, 0.15) is 78.2 Å². The summed E-state index contributed by atoms with van der Waals surface area (Å²) in [6, 6.07) is 15.1. The summed E-state index contributed by atoms with van der Waals surface area (Å²) in [5.74, 6) is -1.62. The molecule has 3 N–H and O–H groups in total. The third-order valence-electron chi connectivity index (χ3n) is 9.31. The Morgan fingerprint density at radius 2 is 1.59 bits per heavy atom. The number of Topliss-reactive ketones (excluding diaryl/α,β-unsaturated/α-hetero) is 1. The highest BCUT2D eigenvalue weighted by Gasteiger charge is 2.44. The van der Waals surface area contributed by atoms with Gasteiger partial charge in [-0.05, 0) is 63.1 Å². The molecule has 2 heterocycles. The van der Waals surface area contributed by atoms with E-state index >= 15 is 0 Å². The molecule has 0 aliphatic carbocycles. The van der Waals surface area contributed by atoms with Crippen LogP contribution >= 0.6 is 0 Å². The molecule has 0 spiro atoms. The molecule has 2 aliphatic rings. The molecule has 2 aromatic carbocycles. The molecule has 4 rings (SSSR count). The van der Waals surface area contributed by atoms with Crippen LogP contribution in [-0.2, 0) is 35.1 Å². The number of hydrogen-bond donors (Lipinski definition) is 3. The predicted molar refractivity (Wildman–Crippen MR) is 181 cm³/mol. The van der Waals surface area contributed by atoms with Gasteiger partial charge in [0.15, 0.2) is 11.9 Å². The number of rotatable bonds is 12. The van der Waals surface area contributed by atoms with E-state index < -0.39 is 53.6 Å². The molecule has 0 saturated carbocycles. The Balaban J connectivity index is 1.39. The normalized spacial score (nSPS) is 25.1. The van der Waals surface area contributed by atoms with Crippen molar-refractivity contribution in [3.63, 3.8) is 0 Å². The molecule has 2 aliphatic heterocycles. The van der Waals surface area contributed by atoms with E-state index in [0.717, 1.165) is 5.56 Å². The number of para-hydroxylation sites is 1. The minimum absolute atomic E-state index is 0.0511. The van der Waals surface area contributed by atoms with Crippen LogP contribution in [-0.4, -0.2) is 76.8 Å². The van der Waals surface area contributed by atoms with E-state index in [-0.39, 0.29) is 43.3 Å². The van der Waals surface area contributed by atoms with Gasteiger partial charge in [-0.1, -0.05) is 75.2 Å². The van der Waals surface area contributed by atoms with Gasteiger partial charge in [0.25, 0.3) is 0 Å². The summed E-state index contributed by atoms with van der Waals surface area (Å²) in [6.45, 7) is 7.20. The Morgan fingerprint density at radius 1 is 0.918 bits per heavy atom. The van der Waals surface area contributed by atoms with Crippen molar-refractivity contribution in [2.24, 2.45) is 5.92 Å². The van der Waals surface area contributed by atoms with Crippen LogP contribution < -0.4 is 20.7 Å². The third kappa shape index (κ3) is 10.1. The van der Waals surface area contributed by atoms with E-state index in [1.54, 1.807) is 44.2 Å². The Kier molecular flexibility index (Phi) is 12.9. The number of ether oxygens (including phenoxy) is 2. The third-order valence-corrected chi connectivity index (χ3v) is 9.31. The maximum Gasteiger partial charge on any atom is 0.514 e. The zero-order valence-electron chi connectivity index (χ0n) is 28.7. The first-order valence-corrected chi connectivity index (χ1v) is 17.1. The molecule has 49 heavy (non-hydrogen) atoms. The number of fused-ring (bicyclic) bond motifs is 1. The van der Waals surface area contributed by atoms with Gasteiger partial charge in [0.05, 0.1) is 0 Å². The second kappa shape index (κ2) is 17.1. The number of hydrogen-bond acceptors (Lipinski definition) is 8. The fraction of sp³-hybridized carbons (Fsp3) is 0.514. The number of nitrogens with one attached hydrogen (secondary N) is 3. The van der Waals surface area contributed by atoms with Gasteiger partial charge in [-0.25, -0.2) is 4.79 Å². The molecule has 264 valence electrons. The smallest absolute Gasteiger partial charge is 0.423 e. The second-order valence-corrected chi connectivity index (χ2v) is 13.3. The highest BCUT2D eigenvalue weighted by Crippen LogP contribution is 2.26. The molecular weight excluding hydrogens is 628 g/mol. The van der Waals surface area contributed by atoms with Gasteiger partial charge in [-0.2, -0.15) is 0 Å². The molecule has 0 bridgehead atoms. The van der Waals surface area contributed by atoms with Crippen LogP contribution in [0.2, 0.25) is 0 Å². The maximum absolute atomic E-state index is 14.0. The SMILES string of the molecule is CC[C@]1(C)NC(=O)[C@H](CCCCCC(=O)[C@@H](C)OC(=O)Oc2ccccc2)NC(=O)[C@H]2C[C@H](C)CN2C(=O)[C@H](Cc2ccccc2)NC1=O. The average Bonchev–Trinajstić information content (AvgIpc) is 3.48. The number of unbranched alkanes of at least 4 members (excludes halogenated alkanes) is 2. The van der Waals surface area contributed by atoms with Crippen molar-refractivity contribution in [3.8, 4) is 5.75 Å². The summed E-state index contributed by atoms with van der Waals surface area (Å²) in [6.07, 6.45) is 0.917. The monoisotopic (exact) mass is 676 g/mol. The molecule has 4 amide bonds. The number of ketones is 1. The molecule has 2 saturated heterocycles. The van der Waals surface area contributed by atoms with Crippen molar-refractivity contribution >= 4 is 35.6 Å². The van der Waals surface area contributed by atoms with Gasteiger partial charge in [0.2, 0.25) is 23.6 Å². The fourth-order valence-electron chi connectivity index (χ4n) is 6.15. The van der Waals surface area contributed by atoms with Gasteiger partial charge in [0, 0.05) is 19.4 Å². The lowest BCUT2D eigenvalue weighted by Gasteiger charge is -2.36. The zero-order chi connectivity index (χ0) is 35.6. The molecule has 2 fully saturated rings. The van der Waals surface area contributed by atoms with Crippen molar-refractivity contribution in [1.29, 1.82) is 0 Å². The van der Waals surface area contributed by atoms with Gasteiger partial charge >= 0.3 is 6.16 Å². The Morgan fingerprint density at radius 3 is 2.27 bits per heavy atom. The number of carbonyl (C=O) groups is 6. The second-order valence-electron chi connectivity index (χ2n) is 13.3. The average molecular weight is 677 g/mol. The number of benzene rings is 2. The lowest BCUT2D eigenvalue weighted by atomic mass is 9.94. The molecular formula is C37H48N4O8. The van der Waals surface area contributed by atoms with E-state index in [0.29, 0.717) is 38.0 Å². The van der Waals surface area contributed by atoms with Crippen molar-refractivity contribution in [3.05, 3.63) is 66.2 Å². The molecule has 6 atom stereocenters. The van der Waals surface area contributed by atoms with Crippen LogP contribution in [0.4, 0.5) is 4.79 Å². The van der Waals surface area contributed by atoms with Gasteiger partial charge in [-0.15, -0.1) is 0 Å². The Bertz CT molecular complexity index is 1490. The molecule has 2 aromatic rings. The predicted octanol–water partition coefficient (Wildman–Crippen LogP) is 3.86. The number of amides is 4. The van der Waals surface area contributed by atoms with E-state index in [4.69, 9.17) is 9.47 Å². The van der Waals surface area contributed by atoms with Gasteiger partial charge in [-0.3, -0.25) is 24.0 Å².